The Hall–Kier alpha value is -2.44. The lowest BCUT2D eigenvalue weighted by molar-refractivity contribution is -0.117. The molecule has 0 saturated carbocycles. The van der Waals surface area contributed by atoms with Crippen LogP contribution in [0.25, 0.3) is 0 Å². The Labute approximate surface area is 129 Å². The molecule has 22 heavy (non-hydrogen) atoms. The van der Waals surface area contributed by atoms with Crippen molar-refractivity contribution in [1.29, 1.82) is 0 Å². The zero-order chi connectivity index (χ0) is 16.3. The van der Waals surface area contributed by atoms with Gasteiger partial charge in [-0.1, -0.05) is 26.8 Å². The summed E-state index contributed by atoms with van der Waals surface area (Å²) >= 11 is 0. The van der Waals surface area contributed by atoms with Gasteiger partial charge in [-0.05, 0) is 35.0 Å². The lowest BCUT2D eigenvalue weighted by Gasteiger charge is -2.17. The highest BCUT2D eigenvalue weighted by Gasteiger charge is 2.23. The first kappa shape index (κ1) is 15.9. The molecule has 2 aromatic rings. The number of nitrogens with zero attached hydrogens (tertiary/aromatic N) is 4. The third-order valence-corrected chi connectivity index (χ3v) is 3.13. The van der Waals surface area contributed by atoms with Crippen LogP contribution in [0.1, 0.15) is 32.2 Å². The van der Waals surface area contributed by atoms with Gasteiger partial charge in [0.15, 0.2) is 5.82 Å². The first-order valence-corrected chi connectivity index (χ1v) is 7.02. The molecule has 0 fully saturated rings. The van der Waals surface area contributed by atoms with Crippen molar-refractivity contribution in [3.8, 4) is 5.75 Å². The van der Waals surface area contributed by atoms with E-state index in [4.69, 9.17) is 4.74 Å². The minimum atomic E-state index is -0.231. The van der Waals surface area contributed by atoms with E-state index in [0.29, 0.717) is 17.3 Å². The molecule has 0 radical (unpaired) electrons. The van der Waals surface area contributed by atoms with Gasteiger partial charge < -0.3 is 10.1 Å². The number of hydrogen-bond donors (Lipinski definition) is 1. The van der Waals surface area contributed by atoms with Gasteiger partial charge in [-0.2, -0.15) is 0 Å². The molecule has 0 atom stereocenters. The maximum Gasteiger partial charge on any atom is 0.246 e. The van der Waals surface area contributed by atoms with Gasteiger partial charge in [0.05, 0.1) is 12.8 Å². The number of methoxy groups -OCH3 is 1. The standard InChI is InChI=1S/C15H21N5O2/c1-10-6-7-12(22-5)11(8-10)16-13(21)9-20-14(15(2,3)4)17-18-19-20/h6-8H,9H2,1-5H3,(H,16,21). The number of amides is 1. The maximum absolute atomic E-state index is 12.3. The van der Waals surface area contributed by atoms with Gasteiger partial charge in [0, 0.05) is 5.41 Å². The van der Waals surface area contributed by atoms with Crippen molar-refractivity contribution < 1.29 is 9.53 Å². The van der Waals surface area contributed by atoms with Crippen molar-refractivity contribution in [3.63, 3.8) is 0 Å². The zero-order valence-corrected chi connectivity index (χ0v) is 13.5. The smallest absolute Gasteiger partial charge is 0.246 e. The third kappa shape index (κ3) is 3.60. The topological polar surface area (TPSA) is 81.9 Å². The average Bonchev–Trinajstić information content (AvgIpc) is 2.87. The zero-order valence-electron chi connectivity index (χ0n) is 13.5. The van der Waals surface area contributed by atoms with Gasteiger partial charge in [0.1, 0.15) is 12.3 Å². The highest BCUT2D eigenvalue weighted by atomic mass is 16.5. The number of carbonyl (C=O) groups excluding carboxylic acids is 1. The van der Waals surface area contributed by atoms with Gasteiger partial charge in [-0.3, -0.25) is 4.79 Å². The molecule has 7 heteroatoms. The number of hydrogen-bond acceptors (Lipinski definition) is 5. The summed E-state index contributed by atoms with van der Waals surface area (Å²) in [6, 6.07) is 5.61. The Balaban J connectivity index is 2.15. The highest BCUT2D eigenvalue weighted by Crippen LogP contribution is 2.25. The molecule has 7 nitrogen and oxygen atoms in total. The first-order valence-electron chi connectivity index (χ1n) is 7.02. The molecule has 118 valence electrons. The average molecular weight is 303 g/mol. The van der Waals surface area contributed by atoms with Crippen molar-refractivity contribution in [2.45, 2.75) is 39.7 Å². The van der Waals surface area contributed by atoms with Crippen LogP contribution in [0.4, 0.5) is 5.69 Å². The van der Waals surface area contributed by atoms with Gasteiger partial charge in [-0.25, -0.2) is 4.68 Å². The fraction of sp³-hybridized carbons (Fsp3) is 0.467. The number of aryl methyl sites for hydroxylation is 1. The summed E-state index contributed by atoms with van der Waals surface area (Å²) in [7, 11) is 1.57. The Morgan fingerprint density at radius 2 is 2.09 bits per heavy atom. The van der Waals surface area contributed by atoms with E-state index < -0.39 is 0 Å². The summed E-state index contributed by atoms with van der Waals surface area (Å²) in [5, 5.41) is 14.4. The van der Waals surface area contributed by atoms with Crippen LogP contribution >= 0.6 is 0 Å². The van der Waals surface area contributed by atoms with Crippen LogP contribution in [0.2, 0.25) is 0 Å². The number of rotatable bonds is 4. The lowest BCUT2D eigenvalue weighted by Crippen LogP contribution is -2.26. The molecule has 0 aliphatic heterocycles. The van der Waals surface area contributed by atoms with E-state index in [1.54, 1.807) is 7.11 Å². The minimum Gasteiger partial charge on any atom is -0.495 e. The van der Waals surface area contributed by atoms with Crippen molar-refractivity contribution in [2.75, 3.05) is 12.4 Å². The van der Waals surface area contributed by atoms with Crippen molar-refractivity contribution in [2.24, 2.45) is 0 Å². The Bertz CT molecular complexity index is 673. The Kier molecular flexibility index (Phi) is 4.44. The number of tetrazole rings is 1. The fourth-order valence-corrected chi connectivity index (χ4v) is 2.09. The van der Waals surface area contributed by atoms with Crippen molar-refractivity contribution in [1.82, 2.24) is 20.2 Å². The van der Waals surface area contributed by atoms with Crippen molar-refractivity contribution >= 4 is 11.6 Å². The first-order chi connectivity index (χ1) is 10.3. The molecule has 1 heterocycles. The summed E-state index contributed by atoms with van der Waals surface area (Å²) in [4.78, 5) is 12.3. The second-order valence-electron chi connectivity index (χ2n) is 6.16. The number of nitrogens with one attached hydrogen (secondary N) is 1. The van der Waals surface area contributed by atoms with E-state index in [1.807, 2.05) is 45.9 Å². The van der Waals surface area contributed by atoms with Crippen LogP contribution in [0.3, 0.4) is 0 Å². The molecule has 1 aromatic carbocycles. The molecule has 0 unspecified atom stereocenters. The number of aromatic nitrogens is 4. The van der Waals surface area contributed by atoms with E-state index in [2.05, 4.69) is 20.8 Å². The SMILES string of the molecule is COc1ccc(C)cc1NC(=O)Cn1nnnc1C(C)(C)C. The van der Waals surface area contributed by atoms with Crippen LogP contribution < -0.4 is 10.1 Å². The molecule has 0 aliphatic rings. The molecular weight excluding hydrogens is 282 g/mol. The molecule has 0 aliphatic carbocycles. The molecular formula is C15H21N5O2. The molecule has 0 bridgehead atoms. The van der Waals surface area contributed by atoms with E-state index in [9.17, 15) is 4.79 Å². The molecule has 1 amide bonds. The van der Waals surface area contributed by atoms with Crippen LogP contribution in [0.5, 0.6) is 5.75 Å². The summed E-state index contributed by atoms with van der Waals surface area (Å²) < 4.78 is 6.76. The number of anilines is 1. The molecule has 1 N–H and O–H groups in total. The second kappa shape index (κ2) is 6.13. The Morgan fingerprint density at radius 1 is 1.36 bits per heavy atom. The molecule has 0 saturated heterocycles. The van der Waals surface area contributed by atoms with Crippen LogP contribution in [0.15, 0.2) is 18.2 Å². The van der Waals surface area contributed by atoms with Crippen molar-refractivity contribution in [3.05, 3.63) is 29.6 Å². The van der Waals surface area contributed by atoms with Crippen LogP contribution in [0, 0.1) is 6.92 Å². The van der Waals surface area contributed by atoms with Gasteiger partial charge in [0.25, 0.3) is 0 Å². The summed E-state index contributed by atoms with van der Waals surface area (Å²) in [6.07, 6.45) is 0. The number of benzene rings is 1. The molecule has 1 aromatic heterocycles. The number of ether oxygens (including phenoxy) is 1. The summed E-state index contributed by atoms with van der Waals surface area (Å²) in [5.74, 6) is 1.08. The van der Waals surface area contributed by atoms with Gasteiger partial charge in [-0.15, -0.1) is 5.10 Å². The van der Waals surface area contributed by atoms with Crippen LogP contribution in [-0.4, -0.2) is 33.2 Å². The molecule has 0 spiro atoms. The summed E-state index contributed by atoms with van der Waals surface area (Å²) in [6.45, 7) is 7.99. The Morgan fingerprint density at radius 3 is 2.73 bits per heavy atom. The normalized spacial score (nSPS) is 11.3. The van der Waals surface area contributed by atoms with Gasteiger partial charge in [0.2, 0.25) is 5.91 Å². The maximum atomic E-state index is 12.3. The second-order valence-corrected chi connectivity index (χ2v) is 6.16. The van der Waals surface area contributed by atoms with E-state index in [1.165, 1.54) is 4.68 Å². The third-order valence-electron chi connectivity index (χ3n) is 3.13. The van der Waals surface area contributed by atoms with E-state index in [-0.39, 0.29) is 17.9 Å². The van der Waals surface area contributed by atoms with E-state index >= 15 is 0 Å². The predicted octanol–water partition coefficient (Wildman–Crippen LogP) is 1.93. The summed E-state index contributed by atoms with van der Waals surface area (Å²) in [5.41, 5.74) is 1.44. The monoisotopic (exact) mass is 303 g/mol. The lowest BCUT2D eigenvalue weighted by atomic mass is 9.96. The highest BCUT2D eigenvalue weighted by molar-refractivity contribution is 5.92. The largest absolute Gasteiger partial charge is 0.495 e. The van der Waals surface area contributed by atoms with Gasteiger partial charge >= 0.3 is 0 Å². The van der Waals surface area contributed by atoms with E-state index in [0.717, 1.165) is 5.56 Å². The number of carbonyl (C=O) groups is 1. The minimum absolute atomic E-state index is 0.0523. The fourth-order valence-electron chi connectivity index (χ4n) is 2.09. The van der Waals surface area contributed by atoms with Crippen LogP contribution in [-0.2, 0) is 16.8 Å². The quantitative estimate of drug-likeness (QED) is 0.933. The molecule has 2 rings (SSSR count). The predicted molar refractivity (Wildman–Crippen MR) is 82.9 cm³/mol.